The number of pyridine rings is 1. The van der Waals surface area contributed by atoms with Crippen LogP contribution in [0.5, 0.6) is 0 Å². The lowest BCUT2D eigenvalue weighted by atomic mass is 9.77. The first-order valence-electron chi connectivity index (χ1n) is 10.0. The number of hydrogen-bond donors (Lipinski definition) is 2. The second-order valence-corrected chi connectivity index (χ2v) is 8.64. The first-order valence-corrected chi connectivity index (χ1v) is 10.0. The molecule has 162 valence electrons. The third-order valence-corrected chi connectivity index (χ3v) is 5.46. The van der Waals surface area contributed by atoms with Crippen molar-refractivity contribution in [3.05, 3.63) is 38.4 Å². The summed E-state index contributed by atoms with van der Waals surface area (Å²) in [7, 11) is 0. The van der Waals surface area contributed by atoms with Gasteiger partial charge in [-0.3, -0.25) is 14.3 Å². The maximum atomic E-state index is 12.8. The number of H-pyrrole nitrogens is 1. The van der Waals surface area contributed by atoms with Gasteiger partial charge in [0.2, 0.25) is 0 Å². The molecule has 3 N–H and O–H groups in total. The van der Waals surface area contributed by atoms with Gasteiger partial charge in [-0.15, -0.1) is 12.4 Å². The molecular formula is C20H27ClN6O3. The predicted molar refractivity (Wildman–Crippen MR) is 116 cm³/mol. The van der Waals surface area contributed by atoms with Crippen LogP contribution in [-0.4, -0.2) is 24.7 Å². The van der Waals surface area contributed by atoms with Crippen LogP contribution in [0.2, 0.25) is 0 Å². The van der Waals surface area contributed by atoms with Crippen molar-refractivity contribution in [2.45, 2.75) is 65.0 Å². The molecular weight excluding hydrogens is 408 g/mol. The average Bonchev–Trinajstić information content (AvgIpc) is 3.12. The van der Waals surface area contributed by atoms with Gasteiger partial charge < -0.3 is 10.3 Å². The number of halogens is 1. The molecule has 4 rings (SSSR count). The Morgan fingerprint density at radius 3 is 2.50 bits per heavy atom. The topological polar surface area (TPSA) is 133 Å². The van der Waals surface area contributed by atoms with Crippen molar-refractivity contribution in [3.63, 3.8) is 0 Å². The highest BCUT2D eigenvalue weighted by molar-refractivity contribution is 5.90. The van der Waals surface area contributed by atoms with E-state index < -0.39 is 16.8 Å². The zero-order valence-corrected chi connectivity index (χ0v) is 18.4. The molecule has 0 unspecified atom stereocenters. The molecule has 0 radical (unpaired) electrons. The van der Waals surface area contributed by atoms with Crippen LogP contribution in [0, 0.1) is 5.92 Å². The van der Waals surface area contributed by atoms with Crippen molar-refractivity contribution < 1.29 is 4.52 Å². The molecule has 30 heavy (non-hydrogen) atoms. The normalized spacial score (nSPS) is 15.4. The fourth-order valence-electron chi connectivity index (χ4n) is 3.61. The first kappa shape index (κ1) is 22.2. The van der Waals surface area contributed by atoms with E-state index in [0.29, 0.717) is 23.6 Å². The number of nitrogens with zero attached hydrogens (tertiary/aromatic N) is 4. The van der Waals surface area contributed by atoms with Crippen LogP contribution in [0.4, 0.5) is 0 Å². The van der Waals surface area contributed by atoms with Gasteiger partial charge in [-0.1, -0.05) is 32.9 Å². The molecule has 10 heteroatoms. The number of aromatic amines is 1. The highest BCUT2D eigenvalue weighted by atomic mass is 35.5. The molecule has 0 spiro atoms. The predicted octanol–water partition coefficient (Wildman–Crippen LogP) is 2.67. The zero-order valence-electron chi connectivity index (χ0n) is 17.6. The van der Waals surface area contributed by atoms with E-state index in [-0.39, 0.29) is 35.5 Å². The van der Waals surface area contributed by atoms with Crippen LogP contribution >= 0.6 is 12.4 Å². The molecule has 1 saturated carbocycles. The monoisotopic (exact) mass is 434 g/mol. The van der Waals surface area contributed by atoms with Gasteiger partial charge in [0.15, 0.2) is 11.5 Å². The van der Waals surface area contributed by atoms with Crippen molar-refractivity contribution >= 4 is 23.4 Å². The van der Waals surface area contributed by atoms with E-state index in [2.05, 4.69) is 20.1 Å². The Labute approximate surface area is 179 Å². The largest absolute Gasteiger partial charge is 0.334 e. The molecule has 0 bridgehead atoms. The molecule has 0 amide bonds. The fourth-order valence-corrected chi connectivity index (χ4v) is 3.61. The van der Waals surface area contributed by atoms with Gasteiger partial charge in [-0.25, -0.2) is 9.78 Å². The van der Waals surface area contributed by atoms with Crippen molar-refractivity contribution in [2.75, 3.05) is 0 Å². The van der Waals surface area contributed by atoms with Crippen molar-refractivity contribution in [1.82, 2.24) is 24.7 Å². The summed E-state index contributed by atoms with van der Waals surface area (Å²) in [5, 5.41) is 4.34. The Bertz CT molecular complexity index is 1190. The molecule has 1 aliphatic rings. The van der Waals surface area contributed by atoms with Gasteiger partial charge in [0.1, 0.15) is 0 Å². The summed E-state index contributed by atoms with van der Waals surface area (Å²) >= 11 is 0. The average molecular weight is 435 g/mol. The summed E-state index contributed by atoms with van der Waals surface area (Å²) in [6.07, 6.45) is 2.63. The molecule has 3 aromatic heterocycles. The number of nitrogens with two attached hydrogens (primary N) is 1. The molecule has 9 nitrogen and oxygen atoms in total. The van der Waals surface area contributed by atoms with Crippen LogP contribution in [0.15, 0.2) is 20.2 Å². The number of aromatic nitrogens is 5. The van der Waals surface area contributed by atoms with E-state index in [4.69, 9.17) is 10.3 Å². The van der Waals surface area contributed by atoms with Crippen LogP contribution in [0.25, 0.3) is 22.5 Å². The Kier molecular flexibility index (Phi) is 5.88. The molecule has 3 aromatic rings. The Morgan fingerprint density at radius 1 is 1.23 bits per heavy atom. The SMILES string of the molecule is CC(C)Cn1c(=O)[nH]c(=O)c2c(-c3nc(C4(N)CCC4)no3)cc(C(C)C)nc21.Cl. The van der Waals surface area contributed by atoms with Gasteiger partial charge in [-0.05, 0) is 37.2 Å². The maximum absolute atomic E-state index is 12.8. The van der Waals surface area contributed by atoms with E-state index >= 15 is 0 Å². The van der Waals surface area contributed by atoms with E-state index in [0.717, 1.165) is 25.0 Å². The molecule has 0 aromatic carbocycles. The van der Waals surface area contributed by atoms with E-state index in [9.17, 15) is 9.59 Å². The Balaban J connectivity index is 0.00000256. The summed E-state index contributed by atoms with van der Waals surface area (Å²) in [5.41, 5.74) is 6.30. The molecule has 0 aliphatic heterocycles. The minimum Gasteiger partial charge on any atom is -0.334 e. The quantitative estimate of drug-likeness (QED) is 0.630. The number of rotatable bonds is 5. The molecule has 0 saturated heterocycles. The van der Waals surface area contributed by atoms with E-state index in [1.807, 2.05) is 27.7 Å². The third-order valence-electron chi connectivity index (χ3n) is 5.46. The lowest BCUT2D eigenvalue weighted by Crippen LogP contribution is -2.44. The molecule has 0 atom stereocenters. The lowest BCUT2D eigenvalue weighted by Gasteiger charge is -2.34. The van der Waals surface area contributed by atoms with Crippen LogP contribution in [-0.2, 0) is 12.1 Å². The summed E-state index contributed by atoms with van der Waals surface area (Å²) in [6.45, 7) is 8.43. The second-order valence-electron chi connectivity index (χ2n) is 8.64. The Morgan fingerprint density at radius 2 is 1.93 bits per heavy atom. The lowest BCUT2D eigenvalue weighted by molar-refractivity contribution is 0.229. The van der Waals surface area contributed by atoms with Crippen LogP contribution in [0.1, 0.15) is 64.4 Å². The maximum Gasteiger partial charge on any atom is 0.330 e. The summed E-state index contributed by atoms with van der Waals surface area (Å²) < 4.78 is 7.02. The molecule has 1 fully saturated rings. The van der Waals surface area contributed by atoms with Gasteiger partial charge in [0.25, 0.3) is 11.4 Å². The summed E-state index contributed by atoms with van der Waals surface area (Å²) in [5.74, 6) is 0.934. The van der Waals surface area contributed by atoms with Gasteiger partial charge >= 0.3 is 5.69 Å². The van der Waals surface area contributed by atoms with E-state index in [1.165, 1.54) is 4.57 Å². The number of nitrogens with one attached hydrogen (secondary N) is 1. The van der Waals surface area contributed by atoms with Gasteiger partial charge in [0, 0.05) is 12.2 Å². The highest BCUT2D eigenvalue weighted by Crippen LogP contribution is 2.38. The summed E-state index contributed by atoms with van der Waals surface area (Å²) in [6, 6.07) is 1.79. The van der Waals surface area contributed by atoms with Crippen LogP contribution in [0.3, 0.4) is 0 Å². The van der Waals surface area contributed by atoms with Gasteiger partial charge in [-0.2, -0.15) is 4.98 Å². The smallest absolute Gasteiger partial charge is 0.330 e. The molecule has 1 aliphatic carbocycles. The minimum atomic E-state index is -0.572. The minimum absolute atomic E-state index is 0. The Hall–Kier alpha value is -2.52. The van der Waals surface area contributed by atoms with Crippen molar-refractivity contribution in [3.8, 4) is 11.5 Å². The fraction of sp³-hybridized carbons (Fsp3) is 0.550. The number of hydrogen-bond acceptors (Lipinski definition) is 7. The number of fused-ring (bicyclic) bond motifs is 1. The van der Waals surface area contributed by atoms with Crippen molar-refractivity contribution in [2.24, 2.45) is 11.7 Å². The van der Waals surface area contributed by atoms with Crippen LogP contribution < -0.4 is 17.0 Å². The zero-order chi connectivity index (χ0) is 20.9. The standard InChI is InChI=1S/C20H26N6O3.ClH/c1-10(2)9-26-15-14(16(27)23-19(26)28)12(8-13(22-15)11(3)4)17-24-18(25-29-17)20(21)6-5-7-20;/h8,10-11H,5-7,9,21H2,1-4H3,(H,23,27,28);1H. The van der Waals surface area contributed by atoms with E-state index in [1.54, 1.807) is 6.07 Å². The van der Waals surface area contributed by atoms with Crippen molar-refractivity contribution in [1.29, 1.82) is 0 Å². The second kappa shape index (κ2) is 7.96. The third kappa shape index (κ3) is 3.67. The molecule has 3 heterocycles. The van der Waals surface area contributed by atoms with Gasteiger partial charge in [0.05, 0.1) is 16.5 Å². The highest BCUT2D eigenvalue weighted by Gasteiger charge is 2.39. The summed E-state index contributed by atoms with van der Waals surface area (Å²) in [4.78, 5) is 36.8. The first-order chi connectivity index (χ1) is 13.7.